The van der Waals surface area contributed by atoms with E-state index in [9.17, 15) is 13.2 Å². The summed E-state index contributed by atoms with van der Waals surface area (Å²) in [5.74, 6) is 0.525. The van der Waals surface area contributed by atoms with Crippen molar-refractivity contribution in [2.24, 2.45) is 0 Å². The maximum atomic E-state index is 13.5. The number of morpholine rings is 1. The highest BCUT2D eigenvalue weighted by Gasteiger charge is 2.29. The van der Waals surface area contributed by atoms with Gasteiger partial charge in [-0.25, -0.2) is 8.42 Å². The number of hydrogen-bond donors (Lipinski definition) is 0. The topological polar surface area (TPSA) is 76.2 Å². The van der Waals surface area contributed by atoms with Crippen molar-refractivity contribution in [3.05, 3.63) is 59.2 Å². The molecule has 0 bridgehead atoms. The molecule has 1 aliphatic rings. The van der Waals surface area contributed by atoms with E-state index in [0.29, 0.717) is 38.4 Å². The van der Waals surface area contributed by atoms with Crippen LogP contribution in [0.2, 0.25) is 0 Å². The predicted octanol–water partition coefficient (Wildman–Crippen LogP) is 3.25. The van der Waals surface area contributed by atoms with Crippen LogP contribution < -0.4 is 4.74 Å². The number of carbonyl (C=O) groups excluding carboxylic acids is 1. The highest BCUT2D eigenvalue weighted by molar-refractivity contribution is 7.89. The second-order valence-electron chi connectivity index (χ2n) is 7.54. The van der Waals surface area contributed by atoms with Crippen molar-refractivity contribution in [3.63, 3.8) is 0 Å². The summed E-state index contributed by atoms with van der Waals surface area (Å²) >= 11 is 0. The molecule has 1 aliphatic heterocycles. The van der Waals surface area contributed by atoms with E-state index < -0.39 is 10.0 Å². The van der Waals surface area contributed by atoms with E-state index >= 15 is 0 Å². The fourth-order valence-corrected chi connectivity index (χ4v) is 5.19. The van der Waals surface area contributed by atoms with E-state index in [2.05, 4.69) is 0 Å². The van der Waals surface area contributed by atoms with Gasteiger partial charge >= 0.3 is 0 Å². The van der Waals surface area contributed by atoms with Gasteiger partial charge in [0.15, 0.2) is 0 Å². The average Bonchev–Trinajstić information content (AvgIpc) is 2.80. The minimum Gasteiger partial charge on any atom is -0.497 e. The molecule has 1 amide bonds. The molecule has 7 nitrogen and oxygen atoms in total. The van der Waals surface area contributed by atoms with Gasteiger partial charge in [0.2, 0.25) is 10.0 Å². The summed E-state index contributed by atoms with van der Waals surface area (Å²) in [6.45, 7) is 7.55. The molecule has 0 aromatic heterocycles. The number of rotatable bonds is 7. The number of methoxy groups -OCH3 is 1. The summed E-state index contributed by atoms with van der Waals surface area (Å²) in [6, 6.07) is 12.2. The zero-order valence-corrected chi connectivity index (χ0v) is 19.3. The molecule has 0 aliphatic carbocycles. The predicted molar refractivity (Wildman–Crippen MR) is 119 cm³/mol. The highest BCUT2D eigenvalue weighted by atomic mass is 32.2. The zero-order chi connectivity index (χ0) is 22.6. The van der Waals surface area contributed by atoms with Gasteiger partial charge in [-0.1, -0.05) is 18.2 Å². The Hall–Kier alpha value is -2.42. The molecule has 0 radical (unpaired) electrons. The van der Waals surface area contributed by atoms with Crippen LogP contribution in [-0.2, 0) is 14.8 Å². The summed E-state index contributed by atoms with van der Waals surface area (Å²) in [7, 11) is -2.08. The van der Waals surface area contributed by atoms with E-state index in [1.807, 2.05) is 45.0 Å². The maximum absolute atomic E-state index is 13.5. The number of sulfonamides is 1. The Kier molecular flexibility index (Phi) is 7.35. The Morgan fingerprint density at radius 2 is 1.90 bits per heavy atom. The highest BCUT2D eigenvalue weighted by Crippen LogP contribution is 2.27. The molecular formula is C23H30N2O5S. The smallest absolute Gasteiger partial charge is 0.254 e. The lowest BCUT2D eigenvalue weighted by molar-refractivity contribution is 0.0700. The standard InChI is InChI=1S/C23H30N2O5S/c1-5-25(18(3)19-7-6-8-20(15-19)29-4)23(26)22-16-21(10-9-17(22)2)31(27,28)24-11-13-30-14-12-24/h6-10,15-16,18H,5,11-14H2,1-4H3. The quantitative estimate of drug-likeness (QED) is 0.653. The van der Waals surface area contributed by atoms with Gasteiger partial charge in [0, 0.05) is 25.2 Å². The molecule has 1 heterocycles. The molecule has 3 rings (SSSR count). The molecule has 8 heteroatoms. The first-order chi connectivity index (χ1) is 14.8. The summed E-state index contributed by atoms with van der Waals surface area (Å²) < 4.78 is 38.1. The first-order valence-electron chi connectivity index (χ1n) is 10.4. The lowest BCUT2D eigenvalue weighted by Gasteiger charge is -2.30. The van der Waals surface area contributed by atoms with Crippen molar-refractivity contribution in [2.75, 3.05) is 40.0 Å². The van der Waals surface area contributed by atoms with E-state index in [1.54, 1.807) is 24.1 Å². The molecule has 1 unspecified atom stereocenters. The summed E-state index contributed by atoms with van der Waals surface area (Å²) in [6.07, 6.45) is 0. The molecule has 168 valence electrons. The zero-order valence-electron chi connectivity index (χ0n) is 18.5. The molecule has 2 aromatic rings. The molecule has 0 spiro atoms. The van der Waals surface area contributed by atoms with Gasteiger partial charge in [-0.15, -0.1) is 0 Å². The van der Waals surface area contributed by atoms with Crippen LogP contribution in [0.15, 0.2) is 47.4 Å². The summed E-state index contributed by atoms with van der Waals surface area (Å²) in [4.78, 5) is 15.4. The van der Waals surface area contributed by atoms with Crippen LogP contribution in [-0.4, -0.2) is 63.5 Å². The Morgan fingerprint density at radius 1 is 1.19 bits per heavy atom. The Bertz CT molecular complexity index is 1030. The number of nitrogens with zero attached hydrogens (tertiary/aromatic N) is 2. The van der Waals surface area contributed by atoms with E-state index in [4.69, 9.17) is 9.47 Å². The minimum absolute atomic E-state index is 0.133. The van der Waals surface area contributed by atoms with Gasteiger partial charge in [-0.05, 0) is 56.2 Å². The number of ether oxygens (including phenoxy) is 2. The third-order valence-corrected chi connectivity index (χ3v) is 7.59. The van der Waals surface area contributed by atoms with Crippen molar-refractivity contribution >= 4 is 15.9 Å². The largest absolute Gasteiger partial charge is 0.497 e. The summed E-state index contributed by atoms with van der Waals surface area (Å²) in [5, 5.41) is 0. The van der Waals surface area contributed by atoms with E-state index in [-0.39, 0.29) is 16.8 Å². The number of benzene rings is 2. The molecule has 31 heavy (non-hydrogen) atoms. The third kappa shape index (κ3) is 4.92. The first kappa shape index (κ1) is 23.2. The van der Waals surface area contributed by atoms with Gasteiger partial charge in [0.05, 0.1) is 31.3 Å². The lowest BCUT2D eigenvalue weighted by atomic mass is 10.0. The van der Waals surface area contributed by atoms with E-state index in [1.165, 1.54) is 10.4 Å². The van der Waals surface area contributed by atoms with Crippen LogP contribution >= 0.6 is 0 Å². The van der Waals surface area contributed by atoms with Gasteiger partial charge in [0.25, 0.3) is 5.91 Å². The molecule has 0 N–H and O–H groups in total. The average molecular weight is 447 g/mol. The fraction of sp³-hybridized carbons (Fsp3) is 0.435. The van der Waals surface area contributed by atoms with Crippen molar-refractivity contribution in [2.45, 2.75) is 31.7 Å². The van der Waals surface area contributed by atoms with Gasteiger partial charge < -0.3 is 14.4 Å². The van der Waals surface area contributed by atoms with Crippen LogP contribution in [0.5, 0.6) is 5.75 Å². The van der Waals surface area contributed by atoms with E-state index in [0.717, 1.165) is 16.9 Å². The second kappa shape index (κ2) is 9.80. The summed E-state index contributed by atoms with van der Waals surface area (Å²) in [5.41, 5.74) is 2.08. The molecule has 1 saturated heterocycles. The molecule has 2 aromatic carbocycles. The number of hydrogen-bond acceptors (Lipinski definition) is 5. The number of aryl methyl sites for hydroxylation is 1. The monoisotopic (exact) mass is 446 g/mol. The first-order valence-corrected chi connectivity index (χ1v) is 11.9. The van der Waals surface area contributed by atoms with Crippen molar-refractivity contribution < 1.29 is 22.7 Å². The van der Waals surface area contributed by atoms with Gasteiger partial charge in [-0.3, -0.25) is 4.79 Å². The molecular weight excluding hydrogens is 416 g/mol. The van der Waals surface area contributed by atoms with Crippen LogP contribution in [0.1, 0.15) is 41.4 Å². The molecule has 0 saturated carbocycles. The fourth-order valence-electron chi connectivity index (χ4n) is 3.76. The normalized spacial score (nSPS) is 16.0. The number of amides is 1. The van der Waals surface area contributed by atoms with Crippen LogP contribution in [0.25, 0.3) is 0 Å². The van der Waals surface area contributed by atoms with Crippen molar-refractivity contribution in [1.29, 1.82) is 0 Å². The van der Waals surface area contributed by atoms with Gasteiger partial charge in [0.1, 0.15) is 5.75 Å². The lowest BCUT2D eigenvalue weighted by Crippen LogP contribution is -2.40. The minimum atomic E-state index is -3.68. The molecule has 1 fully saturated rings. The Labute approximate surface area is 184 Å². The molecule has 1 atom stereocenters. The Morgan fingerprint density at radius 3 is 2.55 bits per heavy atom. The maximum Gasteiger partial charge on any atom is 0.254 e. The van der Waals surface area contributed by atoms with Crippen molar-refractivity contribution in [3.8, 4) is 5.75 Å². The van der Waals surface area contributed by atoms with Gasteiger partial charge in [-0.2, -0.15) is 4.31 Å². The third-order valence-electron chi connectivity index (χ3n) is 5.69. The SMILES string of the molecule is CCN(C(=O)c1cc(S(=O)(=O)N2CCOCC2)ccc1C)C(C)c1cccc(OC)c1. The van der Waals surface area contributed by atoms with Crippen LogP contribution in [0, 0.1) is 6.92 Å². The second-order valence-corrected chi connectivity index (χ2v) is 9.47. The van der Waals surface area contributed by atoms with Crippen molar-refractivity contribution in [1.82, 2.24) is 9.21 Å². The van der Waals surface area contributed by atoms with Crippen LogP contribution in [0.4, 0.5) is 0 Å². The van der Waals surface area contributed by atoms with Crippen LogP contribution in [0.3, 0.4) is 0 Å². The Balaban J connectivity index is 1.93. The number of carbonyl (C=O) groups is 1.